The summed E-state index contributed by atoms with van der Waals surface area (Å²) in [7, 11) is 0. The van der Waals surface area contributed by atoms with Gasteiger partial charge in [-0.2, -0.15) is 0 Å². The number of aryl methyl sites for hydroxylation is 1. The summed E-state index contributed by atoms with van der Waals surface area (Å²) >= 11 is 0. The minimum absolute atomic E-state index is 0.340. The summed E-state index contributed by atoms with van der Waals surface area (Å²) in [4.78, 5) is 0. The molecule has 124 valence electrons. The molecule has 0 bridgehead atoms. The predicted molar refractivity (Wildman–Crippen MR) is 95.2 cm³/mol. The molecule has 2 unspecified atom stereocenters. The van der Waals surface area contributed by atoms with Gasteiger partial charge >= 0.3 is 0 Å². The summed E-state index contributed by atoms with van der Waals surface area (Å²) < 4.78 is 6.15. The van der Waals surface area contributed by atoms with Crippen molar-refractivity contribution in [2.75, 3.05) is 6.61 Å². The van der Waals surface area contributed by atoms with E-state index in [0.29, 0.717) is 6.10 Å². The molecule has 1 saturated heterocycles. The Bertz CT molecular complexity index is 387. The van der Waals surface area contributed by atoms with Crippen molar-refractivity contribution in [1.82, 2.24) is 0 Å². The Morgan fingerprint density at radius 2 is 1.64 bits per heavy atom. The fraction of sp³-hybridized carbons (Fsp3) is 0.714. The fourth-order valence-electron chi connectivity index (χ4n) is 3.46. The van der Waals surface area contributed by atoms with Crippen molar-refractivity contribution in [1.29, 1.82) is 0 Å². The SMILES string of the molecule is CCCCCc1ccc(C2CCC(CCCCC)CO2)cc1. The molecule has 0 saturated carbocycles. The molecule has 1 aromatic carbocycles. The molecule has 2 rings (SSSR count). The summed E-state index contributed by atoms with van der Waals surface area (Å²) in [5, 5.41) is 0. The average Bonchev–Trinajstić information content (AvgIpc) is 2.57. The Hall–Kier alpha value is -0.820. The van der Waals surface area contributed by atoms with Crippen molar-refractivity contribution < 1.29 is 4.74 Å². The van der Waals surface area contributed by atoms with Gasteiger partial charge in [-0.25, -0.2) is 0 Å². The molecule has 1 aliphatic rings. The van der Waals surface area contributed by atoms with Gasteiger partial charge in [-0.15, -0.1) is 0 Å². The normalized spacial score (nSPS) is 21.9. The molecule has 0 amide bonds. The van der Waals surface area contributed by atoms with Crippen molar-refractivity contribution in [3.63, 3.8) is 0 Å². The third-order valence-corrected chi connectivity index (χ3v) is 5.01. The second kappa shape index (κ2) is 10.0. The number of hydrogen-bond acceptors (Lipinski definition) is 1. The number of unbranched alkanes of at least 4 members (excludes halogenated alkanes) is 4. The van der Waals surface area contributed by atoms with Gasteiger partial charge < -0.3 is 4.74 Å². The molecule has 1 aliphatic heterocycles. The van der Waals surface area contributed by atoms with Crippen molar-refractivity contribution in [2.45, 2.75) is 84.2 Å². The van der Waals surface area contributed by atoms with Crippen LogP contribution in [0.1, 0.15) is 88.9 Å². The molecule has 2 atom stereocenters. The first-order valence-electron chi connectivity index (χ1n) is 9.54. The first-order chi connectivity index (χ1) is 10.8. The standard InChI is InChI=1S/C21H34O/c1-3-5-7-9-18-11-14-20(15-12-18)21-16-13-19(17-22-21)10-8-6-4-2/h11-12,14-15,19,21H,3-10,13,16-17H2,1-2H3. The average molecular weight is 303 g/mol. The highest BCUT2D eigenvalue weighted by molar-refractivity contribution is 5.24. The van der Waals surface area contributed by atoms with Crippen LogP contribution in [0.3, 0.4) is 0 Å². The lowest BCUT2D eigenvalue weighted by Gasteiger charge is -2.29. The van der Waals surface area contributed by atoms with Gasteiger partial charge in [0.05, 0.1) is 12.7 Å². The van der Waals surface area contributed by atoms with E-state index in [2.05, 4.69) is 38.1 Å². The smallest absolute Gasteiger partial charge is 0.0825 e. The van der Waals surface area contributed by atoms with Gasteiger partial charge in [0, 0.05) is 0 Å². The van der Waals surface area contributed by atoms with Crippen molar-refractivity contribution >= 4 is 0 Å². The molecule has 22 heavy (non-hydrogen) atoms. The van der Waals surface area contributed by atoms with E-state index in [1.807, 2.05) is 0 Å². The minimum Gasteiger partial charge on any atom is -0.373 e. The van der Waals surface area contributed by atoms with Crippen molar-refractivity contribution in [2.24, 2.45) is 5.92 Å². The van der Waals surface area contributed by atoms with Crippen LogP contribution in [0.2, 0.25) is 0 Å². The van der Waals surface area contributed by atoms with Crippen LogP contribution in [-0.4, -0.2) is 6.61 Å². The summed E-state index contributed by atoms with van der Waals surface area (Å²) in [5.41, 5.74) is 2.86. The maximum absolute atomic E-state index is 6.15. The summed E-state index contributed by atoms with van der Waals surface area (Å²) in [6.45, 7) is 5.50. The molecular weight excluding hydrogens is 268 g/mol. The largest absolute Gasteiger partial charge is 0.373 e. The van der Waals surface area contributed by atoms with E-state index >= 15 is 0 Å². The topological polar surface area (TPSA) is 9.23 Å². The Kier molecular flexibility index (Phi) is 8.01. The second-order valence-electron chi connectivity index (χ2n) is 6.96. The van der Waals surface area contributed by atoms with E-state index in [1.54, 1.807) is 0 Å². The van der Waals surface area contributed by atoms with E-state index in [9.17, 15) is 0 Å². The van der Waals surface area contributed by atoms with E-state index in [0.717, 1.165) is 12.5 Å². The number of hydrogen-bond donors (Lipinski definition) is 0. The quantitative estimate of drug-likeness (QED) is 0.475. The second-order valence-corrected chi connectivity index (χ2v) is 6.96. The molecule has 0 radical (unpaired) electrons. The van der Waals surface area contributed by atoms with E-state index in [-0.39, 0.29) is 0 Å². The Morgan fingerprint density at radius 1 is 0.909 bits per heavy atom. The lowest BCUT2D eigenvalue weighted by molar-refractivity contribution is -0.0198. The highest BCUT2D eigenvalue weighted by Gasteiger charge is 2.22. The van der Waals surface area contributed by atoms with Crippen LogP contribution in [0.25, 0.3) is 0 Å². The van der Waals surface area contributed by atoms with Gasteiger partial charge in [0.2, 0.25) is 0 Å². The molecule has 1 fully saturated rings. The molecule has 1 nitrogen and oxygen atoms in total. The number of ether oxygens (including phenoxy) is 1. The van der Waals surface area contributed by atoms with Crippen LogP contribution in [0, 0.1) is 5.92 Å². The minimum atomic E-state index is 0.340. The van der Waals surface area contributed by atoms with Crippen molar-refractivity contribution in [3.05, 3.63) is 35.4 Å². The molecule has 1 aromatic rings. The molecule has 0 N–H and O–H groups in total. The van der Waals surface area contributed by atoms with Crippen LogP contribution < -0.4 is 0 Å². The maximum Gasteiger partial charge on any atom is 0.0825 e. The van der Waals surface area contributed by atoms with Crippen LogP contribution in [0.15, 0.2) is 24.3 Å². The molecule has 0 aromatic heterocycles. The van der Waals surface area contributed by atoms with Crippen LogP contribution in [0.4, 0.5) is 0 Å². The molecule has 1 heteroatoms. The summed E-state index contributed by atoms with van der Waals surface area (Å²) in [6, 6.07) is 9.20. The molecule has 1 heterocycles. The monoisotopic (exact) mass is 302 g/mol. The third kappa shape index (κ3) is 5.76. The van der Waals surface area contributed by atoms with Gasteiger partial charge in [0.15, 0.2) is 0 Å². The molecule has 0 spiro atoms. The molecular formula is C21H34O. The van der Waals surface area contributed by atoms with E-state index < -0.39 is 0 Å². The van der Waals surface area contributed by atoms with Gasteiger partial charge in [0.1, 0.15) is 0 Å². The first kappa shape index (κ1) is 17.5. The summed E-state index contributed by atoms with van der Waals surface area (Å²) in [5.74, 6) is 0.802. The van der Waals surface area contributed by atoms with Crippen LogP contribution in [-0.2, 0) is 11.2 Å². The highest BCUT2D eigenvalue weighted by atomic mass is 16.5. The van der Waals surface area contributed by atoms with E-state index in [1.165, 1.54) is 75.3 Å². The Balaban J connectivity index is 1.74. The third-order valence-electron chi connectivity index (χ3n) is 5.01. The zero-order valence-electron chi connectivity index (χ0n) is 14.7. The van der Waals surface area contributed by atoms with Gasteiger partial charge in [-0.1, -0.05) is 70.2 Å². The predicted octanol–water partition coefficient (Wildman–Crippen LogP) is 6.47. The van der Waals surface area contributed by atoms with E-state index in [4.69, 9.17) is 4.74 Å². The van der Waals surface area contributed by atoms with Gasteiger partial charge in [-0.3, -0.25) is 0 Å². The number of benzene rings is 1. The van der Waals surface area contributed by atoms with Gasteiger partial charge in [-0.05, 0) is 49.1 Å². The zero-order chi connectivity index (χ0) is 15.6. The zero-order valence-corrected chi connectivity index (χ0v) is 14.7. The Labute approximate surface area is 137 Å². The van der Waals surface area contributed by atoms with Crippen LogP contribution >= 0.6 is 0 Å². The van der Waals surface area contributed by atoms with Crippen LogP contribution in [0.5, 0.6) is 0 Å². The first-order valence-corrected chi connectivity index (χ1v) is 9.54. The lowest BCUT2D eigenvalue weighted by atomic mass is 9.90. The summed E-state index contributed by atoms with van der Waals surface area (Å²) in [6.07, 6.45) is 13.5. The fourth-order valence-corrected chi connectivity index (χ4v) is 3.46. The maximum atomic E-state index is 6.15. The van der Waals surface area contributed by atoms with Crippen molar-refractivity contribution in [3.8, 4) is 0 Å². The highest BCUT2D eigenvalue weighted by Crippen LogP contribution is 2.32. The lowest BCUT2D eigenvalue weighted by Crippen LogP contribution is -2.20. The molecule has 0 aliphatic carbocycles. The number of rotatable bonds is 9. The Morgan fingerprint density at radius 3 is 2.27 bits per heavy atom. The van der Waals surface area contributed by atoms with Gasteiger partial charge in [0.25, 0.3) is 0 Å².